The van der Waals surface area contributed by atoms with Gasteiger partial charge in [-0.1, -0.05) is 34.1 Å². The second-order valence-electron chi connectivity index (χ2n) is 5.23. The van der Waals surface area contributed by atoms with Gasteiger partial charge in [-0.25, -0.2) is 0 Å². The van der Waals surface area contributed by atoms with Crippen molar-refractivity contribution < 1.29 is 14.7 Å². The second-order valence-corrected chi connectivity index (χ2v) is 5.23. The summed E-state index contributed by atoms with van der Waals surface area (Å²) in [6.07, 6.45) is 1.30. The van der Waals surface area contributed by atoms with E-state index in [0.29, 0.717) is 12.5 Å². The van der Waals surface area contributed by atoms with E-state index >= 15 is 0 Å². The fourth-order valence-corrected chi connectivity index (χ4v) is 1.40. The van der Waals surface area contributed by atoms with Gasteiger partial charge in [0, 0.05) is 13.0 Å². The molecule has 0 rings (SSSR count). The number of amides is 1. The predicted octanol–water partition coefficient (Wildman–Crippen LogP) is 2.04. The van der Waals surface area contributed by atoms with Gasteiger partial charge in [0.25, 0.3) is 0 Å². The molecule has 2 N–H and O–H groups in total. The molecule has 0 aliphatic carbocycles. The highest BCUT2D eigenvalue weighted by molar-refractivity contribution is 5.77. The van der Waals surface area contributed by atoms with Crippen LogP contribution in [0.4, 0.5) is 0 Å². The number of rotatable bonds is 7. The van der Waals surface area contributed by atoms with E-state index in [1.54, 1.807) is 13.8 Å². The molecule has 0 saturated carbocycles. The van der Waals surface area contributed by atoms with Gasteiger partial charge in [-0.2, -0.15) is 0 Å². The predicted molar refractivity (Wildman–Crippen MR) is 63.1 cm³/mol. The minimum atomic E-state index is -0.861. The Hall–Kier alpha value is -1.06. The van der Waals surface area contributed by atoms with Crippen LogP contribution in [-0.4, -0.2) is 23.5 Å². The van der Waals surface area contributed by atoms with Crippen LogP contribution in [0, 0.1) is 11.3 Å². The maximum absolute atomic E-state index is 11.6. The van der Waals surface area contributed by atoms with Crippen molar-refractivity contribution in [2.45, 2.75) is 47.0 Å². The van der Waals surface area contributed by atoms with E-state index in [2.05, 4.69) is 19.2 Å². The smallest absolute Gasteiger partial charge is 0.303 e. The first-order valence-corrected chi connectivity index (χ1v) is 5.75. The van der Waals surface area contributed by atoms with Gasteiger partial charge in [0.05, 0.1) is 6.42 Å². The van der Waals surface area contributed by atoms with Crippen molar-refractivity contribution in [3.63, 3.8) is 0 Å². The van der Waals surface area contributed by atoms with Crippen LogP contribution in [0.15, 0.2) is 0 Å². The molecule has 1 amide bonds. The number of carbonyl (C=O) groups is 2. The average Bonchev–Trinajstić information content (AvgIpc) is 2.11. The molecule has 4 nitrogen and oxygen atoms in total. The van der Waals surface area contributed by atoms with Gasteiger partial charge in [0.1, 0.15) is 0 Å². The maximum atomic E-state index is 11.6. The minimum absolute atomic E-state index is 0.0176. The average molecular weight is 229 g/mol. The maximum Gasteiger partial charge on any atom is 0.303 e. The lowest BCUT2D eigenvalue weighted by molar-refractivity contribution is -0.139. The summed E-state index contributed by atoms with van der Waals surface area (Å²) in [4.78, 5) is 22.1. The van der Waals surface area contributed by atoms with E-state index in [0.717, 1.165) is 6.42 Å². The number of nitrogens with one attached hydrogen (secondary N) is 1. The number of aliphatic carboxylic acids is 1. The van der Waals surface area contributed by atoms with Gasteiger partial charge < -0.3 is 10.4 Å². The molecule has 0 saturated heterocycles. The van der Waals surface area contributed by atoms with Crippen LogP contribution in [-0.2, 0) is 9.59 Å². The summed E-state index contributed by atoms with van der Waals surface area (Å²) >= 11 is 0. The molecule has 0 aliphatic heterocycles. The Labute approximate surface area is 97.4 Å². The van der Waals surface area contributed by atoms with Gasteiger partial charge in [-0.3, -0.25) is 9.59 Å². The van der Waals surface area contributed by atoms with Gasteiger partial charge in [0.15, 0.2) is 0 Å². The zero-order valence-corrected chi connectivity index (χ0v) is 10.7. The Morgan fingerprint density at radius 3 is 2.31 bits per heavy atom. The normalized spacial score (nSPS) is 13.2. The summed E-state index contributed by atoms with van der Waals surface area (Å²) in [5.74, 6) is -0.460. The van der Waals surface area contributed by atoms with Crippen molar-refractivity contribution >= 4 is 11.9 Å². The molecule has 0 fully saturated rings. The SMILES string of the molecule is CCC(C)CNC(=O)CC(C)(C)CC(=O)O. The highest BCUT2D eigenvalue weighted by Gasteiger charge is 2.25. The van der Waals surface area contributed by atoms with Gasteiger partial charge in [-0.15, -0.1) is 0 Å². The first-order chi connectivity index (χ1) is 7.26. The first-order valence-electron chi connectivity index (χ1n) is 5.75. The Bertz CT molecular complexity index is 249. The number of hydrogen-bond donors (Lipinski definition) is 2. The van der Waals surface area contributed by atoms with E-state index < -0.39 is 11.4 Å². The topological polar surface area (TPSA) is 66.4 Å². The van der Waals surface area contributed by atoms with E-state index in [9.17, 15) is 9.59 Å². The third-order valence-electron chi connectivity index (χ3n) is 2.61. The highest BCUT2D eigenvalue weighted by atomic mass is 16.4. The van der Waals surface area contributed by atoms with Gasteiger partial charge in [-0.05, 0) is 11.3 Å². The fourth-order valence-electron chi connectivity index (χ4n) is 1.40. The number of carboxylic acid groups (broad SMARTS) is 1. The molecule has 4 heteroatoms. The Morgan fingerprint density at radius 1 is 1.31 bits per heavy atom. The summed E-state index contributed by atoms with van der Waals surface area (Å²) in [6.45, 7) is 8.40. The standard InChI is InChI=1S/C12H23NO3/c1-5-9(2)8-13-10(14)6-12(3,4)7-11(15)16/h9H,5-8H2,1-4H3,(H,13,14)(H,15,16). The second kappa shape index (κ2) is 6.51. The van der Waals surface area contributed by atoms with Gasteiger partial charge >= 0.3 is 5.97 Å². The molecule has 0 aromatic heterocycles. The zero-order chi connectivity index (χ0) is 12.8. The van der Waals surface area contributed by atoms with Crippen molar-refractivity contribution in [2.75, 3.05) is 6.54 Å². The van der Waals surface area contributed by atoms with Crippen LogP contribution in [0.2, 0.25) is 0 Å². The fraction of sp³-hybridized carbons (Fsp3) is 0.833. The molecule has 0 bridgehead atoms. The van der Waals surface area contributed by atoms with Crippen LogP contribution < -0.4 is 5.32 Å². The number of hydrogen-bond acceptors (Lipinski definition) is 2. The Kier molecular flexibility index (Phi) is 6.08. The van der Waals surface area contributed by atoms with Crippen LogP contribution in [0.1, 0.15) is 47.0 Å². The molecule has 0 aromatic rings. The molecular formula is C12H23NO3. The minimum Gasteiger partial charge on any atom is -0.481 e. The number of carboxylic acids is 1. The molecule has 0 aromatic carbocycles. The summed E-state index contributed by atoms with van der Waals surface area (Å²) in [5.41, 5.74) is -0.481. The monoisotopic (exact) mass is 229 g/mol. The molecule has 94 valence electrons. The lowest BCUT2D eigenvalue weighted by Crippen LogP contribution is -2.32. The van der Waals surface area contributed by atoms with Crippen molar-refractivity contribution in [2.24, 2.45) is 11.3 Å². The van der Waals surface area contributed by atoms with Crippen LogP contribution in [0.5, 0.6) is 0 Å². The quantitative estimate of drug-likeness (QED) is 0.702. The zero-order valence-electron chi connectivity index (χ0n) is 10.7. The highest BCUT2D eigenvalue weighted by Crippen LogP contribution is 2.24. The molecule has 0 spiro atoms. The van der Waals surface area contributed by atoms with E-state index in [-0.39, 0.29) is 18.7 Å². The Morgan fingerprint density at radius 2 is 1.88 bits per heavy atom. The molecule has 1 unspecified atom stereocenters. The van der Waals surface area contributed by atoms with E-state index in [4.69, 9.17) is 5.11 Å². The van der Waals surface area contributed by atoms with Crippen LogP contribution >= 0.6 is 0 Å². The largest absolute Gasteiger partial charge is 0.481 e. The van der Waals surface area contributed by atoms with Gasteiger partial charge in [0.2, 0.25) is 5.91 Å². The summed E-state index contributed by atoms with van der Waals surface area (Å²) in [6, 6.07) is 0. The summed E-state index contributed by atoms with van der Waals surface area (Å²) < 4.78 is 0. The molecular weight excluding hydrogens is 206 g/mol. The molecule has 16 heavy (non-hydrogen) atoms. The molecule has 0 heterocycles. The third-order valence-corrected chi connectivity index (χ3v) is 2.61. The molecule has 1 atom stereocenters. The van der Waals surface area contributed by atoms with E-state index in [1.807, 2.05) is 0 Å². The first kappa shape index (κ1) is 14.9. The van der Waals surface area contributed by atoms with Crippen LogP contribution in [0.25, 0.3) is 0 Å². The lowest BCUT2D eigenvalue weighted by atomic mass is 9.85. The molecule has 0 aliphatic rings. The Balaban J connectivity index is 3.98. The van der Waals surface area contributed by atoms with Crippen molar-refractivity contribution in [1.29, 1.82) is 0 Å². The molecule has 0 radical (unpaired) electrons. The summed E-state index contributed by atoms with van der Waals surface area (Å²) in [7, 11) is 0. The van der Waals surface area contributed by atoms with Crippen molar-refractivity contribution in [1.82, 2.24) is 5.32 Å². The summed E-state index contributed by atoms with van der Waals surface area (Å²) in [5, 5.41) is 11.5. The lowest BCUT2D eigenvalue weighted by Gasteiger charge is -2.22. The van der Waals surface area contributed by atoms with Crippen LogP contribution in [0.3, 0.4) is 0 Å². The third kappa shape index (κ3) is 7.26. The van der Waals surface area contributed by atoms with Crippen molar-refractivity contribution in [3.05, 3.63) is 0 Å². The van der Waals surface area contributed by atoms with E-state index in [1.165, 1.54) is 0 Å². The number of carbonyl (C=O) groups excluding carboxylic acids is 1. The van der Waals surface area contributed by atoms with Crippen molar-refractivity contribution in [3.8, 4) is 0 Å².